The largest absolute Gasteiger partial charge is 0.395 e. The summed E-state index contributed by atoms with van der Waals surface area (Å²) in [6.07, 6.45) is 0. The first-order valence-corrected chi connectivity index (χ1v) is 9.61. The summed E-state index contributed by atoms with van der Waals surface area (Å²) in [5, 5.41) is 58.5. The van der Waals surface area contributed by atoms with Crippen molar-refractivity contribution in [2.75, 3.05) is 65.8 Å². The van der Waals surface area contributed by atoms with Gasteiger partial charge in [0.1, 0.15) is 11.4 Å². The third-order valence-corrected chi connectivity index (χ3v) is 5.16. The highest BCUT2D eigenvalue weighted by Gasteiger charge is 2.51. The molecule has 9 nitrogen and oxygen atoms in total. The second kappa shape index (κ2) is 13.0. The second-order valence-corrected chi connectivity index (χ2v) is 7.29. The molecule has 27 heavy (non-hydrogen) atoms. The van der Waals surface area contributed by atoms with Crippen LogP contribution < -0.4 is 0 Å². The van der Waals surface area contributed by atoms with E-state index < -0.39 is 24.7 Å². The predicted molar refractivity (Wildman–Crippen MR) is 102 cm³/mol. The van der Waals surface area contributed by atoms with Crippen LogP contribution in [0.4, 0.5) is 0 Å². The molecule has 0 aromatic heterocycles. The fourth-order valence-corrected chi connectivity index (χ4v) is 3.49. The van der Waals surface area contributed by atoms with E-state index in [0.29, 0.717) is 0 Å². The minimum Gasteiger partial charge on any atom is -0.395 e. The molecule has 0 aromatic carbocycles. The van der Waals surface area contributed by atoms with Crippen molar-refractivity contribution in [2.24, 2.45) is 11.8 Å². The Morgan fingerprint density at radius 1 is 0.593 bits per heavy atom. The molecule has 0 heterocycles. The number of nitrogens with zero attached hydrogens (tertiary/aromatic N) is 2. The highest BCUT2D eigenvalue weighted by atomic mass is 16.6. The van der Waals surface area contributed by atoms with E-state index in [4.69, 9.17) is 4.74 Å². The number of rotatable bonds is 16. The molecule has 0 aliphatic carbocycles. The van der Waals surface area contributed by atoms with Crippen molar-refractivity contribution in [2.45, 2.75) is 39.1 Å². The van der Waals surface area contributed by atoms with E-state index in [-0.39, 0.29) is 64.4 Å². The van der Waals surface area contributed by atoms with Gasteiger partial charge in [-0.25, -0.2) is 0 Å². The molecule has 2 atom stereocenters. The van der Waals surface area contributed by atoms with Crippen LogP contribution in [0.2, 0.25) is 0 Å². The van der Waals surface area contributed by atoms with Gasteiger partial charge < -0.3 is 35.4 Å². The summed E-state index contributed by atoms with van der Waals surface area (Å²) in [6.45, 7) is 6.44. The molecule has 0 bridgehead atoms. The topological polar surface area (TPSA) is 137 Å². The number of hydrogen-bond donors (Lipinski definition) is 6. The fraction of sp³-hybridized carbons (Fsp3) is 1.00. The zero-order valence-corrected chi connectivity index (χ0v) is 17.2. The lowest BCUT2D eigenvalue weighted by Gasteiger charge is -2.54. The molecule has 0 radical (unpaired) electrons. The smallest absolute Gasteiger partial charge is 0.149 e. The van der Waals surface area contributed by atoms with Crippen LogP contribution in [-0.4, -0.2) is 118 Å². The third-order valence-electron chi connectivity index (χ3n) is 5.16. The summed E-state index contributed by atoms with van der Waals surface area (Å²) in [5.41, 5.74) is -2.58. The van der Waals surface area contributed by atoms with Gasteiger partial charge in [0.15, 0.2) is 0 Å². The lowest BCUT2D eigenvalue weighted by molar-refractivity contribution is -0.329. The number of ether oxygens (including phenoxy) is 1. The first-order valence-electron chi connectivity index (χ1n) is 9.61. The number of hydrogen-bond acceptors (Lipinski definition) is 9. The van der Waals surface area contributed by atoms with Gasteiger partial charge in [0.05, 0.1) is 39.6 Å². The maximum atomic E-state index is 10.3. The van der Waals surface area contributed by atoms with Crippen LogP contribution in [-0.2, 0) is 4.74 Å². The minimum absolute atomic E-state index is 0.166. The lowest BCUT2D eigenvalue weighted by Crippen LogP contribution is -2.69. The van der Waals surface area contributed by atoms with E-state index >= 15 is 0 Å². The summed E-state index contributed by atoms with van der Waals surface area (Å²) in [6, 6.07) is 0. The maximum absolute atomic E-state index is 10.3. The molecule has 0 rings (SSSR count). The van der Waals surface area contributed by atoms with Crippen LogP contribution in [0.25, 0.3) is 0 Å². The zero-order chi connectivity index (χ0) is 21.1. The van der Waals surface area contributed by atoms with Crippen LogP contribution in [0.5, 0.6) is 0 Å². The summed E-state index contributed by atoms with van der Waals surface area (Å²) < 4.78 is 6.49. The molecule has 6 N–H and O–H groups in total. The van der Waals surface area contributed by atoms with E-state index in [2.05, 4.69) is 0 Å². The highest BCUT2D eigenvalue weighted by Crippen LogP contribution is 2.37. The molecule has 0 amide bonds. The molecule has 164 valence electrons. The predicted octanol–water partition coefficient (Wildman–Crippen LogP) is -1.73. The molecule has 0 aliphatic rings. The molecule has 9 heteroatoms. The molecule has 2 unspecified atom stereocenters. The van der Waals surface area contributed by atoms with Gasteiger partial charge in [-0.3, -0.25) is 9.80 Å². The average Bonchev–Trinajstić information content (AvgIpc) is 2.63. The molecular weight excluding hydrogens is 356 g/mol. The van der Waals surface area contributed by atoms with Gasteiger partial charge in [-0.1, -0.05) is 27.7 Å². The maximum Gasteiger partial charge on any atom is 0.149 e. The van der Waals surface area contributed by atoms with Crippen molar-refractivity contribution in [3.05, 3.63) is 0 Å². The first kappa shape index (κ1) is 26.6. The normalized spacial score (nSPS) is 17.1. The lowest BCUT2D eigenvalue weighted by atomic mass is 9.92. The van der Waals surface area contributed by atoms with Crippen molar-refractivity contribution in [1.29, 1.82) is 0 Å². The van der Waals surface area contributed by atoms with E-state index in [1.54, 1.807) is 9.80 Å². The van der Waals surface area contributed by atoms with Gasteiger partial charge in [-0.15, -0.1) is 0 Å². The Morgan fingerprint density at radius 2 is 0.852 bits per heavy atom. The molecule has 0 aliphatic heterocycles. The second-order valence-electron chi connectivity index (χ2n) is 7.29. The Bertz CT molecular complexity index is 341. The SMILES string of the molecule is CC(C)C(CO)(OC(CO)(C(C)C)N(CCO)CCO)N(CCO)CCO. The van der Waals surface area contributed by atoms with Crippen molar-refractivity contribution in [3.8, 4) is 0 Å². The Labute approximate surface area is 162 Å². The summed E-state index contributed by atoms with van der Waals surface area (Å²) in [4.78, 5) is 3.33. The minimum atomic E-state index is -1.29. The Balaban J connectivity index is 6.26. The fourth-order valence-electron chi connectivity index (χ4n) is 3.49. The van der Waals surface area contributed by atoms with Crippen LogP contribution in [0, 0.1) is 11.8 Å². The van der Waals surface area contributed by atoms with E-state index in [1.165, 1.54) is 0 Å². The third kappa shape index (κ3) is 6.31. The van der Waals surface area contributed by atoms with E-state index in [9.17, 15) is 30.6 Å². The van der Waals surface area contributed by atoms with Crippen LogP contribution in [0.1, 0.15) is 27.7 Å². The van der Waals surface area contributed by atoms with Gasteiger partial charge in [0, 0.05) is 26.2 Å². The average molecular weight is 397 g/mol. The van der Waals surface area contributed by atoms with Gasteiger partial charge in [-0.2, -0.15) is 0 Å². The Hall–Kier alpha value is -0.360. The monoisotopic (exact) mass is 396 g/mol. The zero-order valence-electron chi connectivity index (χ0n) is 17.2. The van der Waals surface area contributed by atoms with Crippen LogP contribution in [0.3, 0.4) is 0 Å². The van der Waals surface area contributed by atoms with E-state index in [1.807, 2.05) is 27.7 Å². The number of aliphatic hydroxyl groups is 6. The molecule has 0 saturated carbocycles. The van der Waals surface area contributed by atoms with Gasteiger partial charge in [0.2, 0.25) is 0 Å². The van der Waals surface area contributed by atoms with E-state index in [0.717, 1.165) is 0 Å². The highest BCUT2D eigenvalue weighted by molar-refractivity contribution is 4.93. The first-order chi connectivity index (χ1) is 12.8. The Morgan fingerprint density at radius 3 is 1.00 bits per heavy atom. The van der Waals surface area contributed by atoms with Crippen LogP contribution in [0.15, 0.2) is 0 Å². The summed E-state index contributed by atoms with van der Waals surface area (Å²) in [7, 11) is 0. The molecule has 0 fully saturated rings. The Kier molecular flexibility index (Phi) is 12.8. The van der Waals surface area contributed by atoms with Gasteiger partial charge in [0.25, 0.3) is 0 Å². The summed E-state index contributed by atoms with van der Waals surface area (Å²) in [5.74, 6) is -0.509. The van der Waals surface area contributed by atoms with Crippen molar-refractivity contribution in [1.82, 2.24) is 9.80 Å². The quantitative estimate of drug-likeness (QED) is 0.168. The molecular formula is C18H40N2O7. The standard InChI is InChI=1S/C18H40N2O7/c1-15(2)17(13-25,19(5-9-21)6-10-22)27-18(14-26,16(3)4)20(7-11-23)8-12-24/h15-16,21-26H,5-14H2,1-4H3. The summed E-state index contributed by atoms with van der Waals surface area (Å²) >= 11 is 0. The molecule has 0 aromatic rings. The van der Waals surface area contributed by atoms with Crippen molar-refractivity contribution < 1.29 is 35.4 Å². The molecule has 0 saturated heterocycles. The van der Waals surface area contributed by atoms with Gasteiger partial charge >= 0.3 is 0 Å². The number of aliphatic hydroxyl groups excluding tert-OH is 6. The van der Waals surface area contributed by atoms with Crippen molar-refractivity contribution in [3.63, 3.8) is 0 Å². The van der Waals surface area contributed by atoms with Gasteiger partial charge in [-0.05, 0) is 11.8 Å². The van der Waals surface area contributed by atoms with Crippen LogP contribution >= 0.6 is 0 Å². The molecule has 0 spiro atoms. The van der Waals surface area contributed by atoms with Crippen molar-refractivity contribution >= 4 is 0 Å².